The number of benzene rings is 1. The maximum atomic E-state index is 12.8. The Bertz CT molecular complexity index is 879. The zero-order valence-electron chi connectivity index (χ0n) is 14.3. The Morgan fingerprint density at radius 3 is 2.77 bits per heavy atom. The lowest BCUT2D eigenvalue weighted by atomic mass is 10.0. The molecule has 1 aliphatic rings. The largest absolute Gasteiger partial charge is 0.349 e. The summed E-state index contributed by atoms with van der Waals surface area (Å²) in [7, 11) is 0. The van der Waals surface area contributed by atoms with Gasteiger partial charge in [-0.15, -0.1) is 0 Å². The van der Waals surface area contributed by atoms with Crippen LogP contribution in [0.25, 0.3) is 0 Å². The summed E-state index contributed by atoms with van der Waals surface area (Å²) in [6, 6.07) is 7.11. The Kier molecular flexibility index (Phi) is 5.51. The number of carbonyl (C=O) groups excluding carboxylic acids is 2. The molecule has 2 N–H and O–H groups in total. The van der Waals surface area contributed by atoms with Crippen molar-refractivity contribution in [3.8, 4) is 0 Å². The summed E-state index contributed by atoms with van der Waals surface area (Å²) in [6.07, 6.45) is 1.99. The maximum Gasteiger partial charge on any atom is 0.254 e. The van der Waals surface area contributed by atoms with E-state index in [-0.39, 0.29) is 23.8 Å². The van der Waals surface area contributed by atoms with Gasteiger partial charge < -0.3 is 15.2 Å². The fourth-order valence-corrected chi connectivity index (χ4v) is 3.34. The number of H-pyrrole nitrogens is 1. The average Bonchev–Trinajstić information content (AvgIpc) is 2.61. The molecular formula is C18H19BrN4O3. The van der Waals surface area contributed by atoms with Crippen molar-refractivity contribution < 1.29 is 9.59 Å². The Morgan fingerprint density at radius 1 is 1.35 bits per heavy atom. The summed E-state index contributed by atoms with van der Waals surface area (Å²) in [6.45, 7) is 2.21. The SMILES string of the molecule is CC(=O)NC(CC(=O)N1CCc2c(nc[nH]c2=O)C1)c1ccc(Br)cc1. The number of hydrogen-bond donors (Lipinski definition) is 2. The van der Waals surface area contributed by atoms with Gasteiger partial charge in [0.2, 0.25) is 11.8 Å². The molecule has 0 saturated heterocycles. The second kappa shape index (κ2) is 7.82. The molecule has 0 bridgehead atoms. The van der Waals surface area contributed by atoms with Gasteiger partial charge in [0.05, 0.1) is 31.0 Å². The van der Waals surface area contributed by atoms with Gasteiger partial charge in [0, 0.05) is 23.5 Å². The number of aromatic nitrogens is 2. The fraction of sp³-hybridized carbons (Fsp3) is 0.333. The lowest BCUT2D eigenvalue weighted by molar-refractivity contribution is -0.133. The van der Waals surface area contributed by atoms with Gasteiger partial charge >= 0.3 is 0 Å². The van der Waals surface area contributed by atoms with E-state index in [1.54, 1.807) is 4.90 Å². The molecule has 26 heavy (non-hydrogen) atoms. The lowest BCUT2D eigenvalue weighted by Crippen LogP contribution is -2.40. The first-order chi connectivity index (χ1) is 12.4. The highest BCUT2D eigenvalue weighted by Crippen LogP contribution is 2.22. The standard InChI is InChI=1S/C18H19BrN4O3/c1-11(24)22-15(12-2-4-13(19)5-3-12)8-17(25)23-7-6-14-16(9-23)20-10-21-18(14)26/h2-5,10,15H,6-9H2,1H3,(H,22,24)(H,20,21,26). The third-order valence-electron chi connectivity index (χ3n) is 4.39. The fourth-order valence-electron chi connectivity index (χ4n) is 3.07. The smallest absolute Gasteiger partial charge is 0.254 e. The molecule has 1 aromatic heterocycles. The van der Waals surface area contributed by atoms with E-state index in [1.165, 1.54) is 13.3 Å². The number of amides is 2. The molecule has 0 aliphatic carbocycles. The molecule has 1 unspecified atom stereocenters. The second-order valence-corrected chi connectivity index (χ2v) is 7.15. The lowest BCUT2D eigenvalue weighted by Gasteiger charge is -2.29. The molecule has 3 rings (SSSR count). The highest BCUT2D eigenvalue weighted by Gasteiger charge is 2.26. The molecule has 1 atom stereocenters. The first-order valence-corrected chi connectivity index (χ1v) is 9.09. The van der Waals surface area contributed by atoms with Crippen LogP contribution in [-0.2, 0) is 22.6 Å². The summed E-state index contributed by atoms with van der Waals surface area (Å²) in [5.41, 5.74) is 1.99. The number of nitrogens with one attached hydrogen (secondary N) is 2. The molecule has 7 nitrogen and oxygen atoms in total. The highest BCUT2D eigenvalue weighted by atomic mass is 79.9. The summed E-state index contributed by atoms with van der Waals surface area (Å²) >= 11 is 3.38. The first-order valence-electron chi connectivity index (χ1n) is 8.30. The van der Waals surface area contributed by atoms with E-state index in [0.29, 0.717) is 30.8 Å². The van der Waals surface area contributed by atoms with Crippen LogP contribution in [0.1, 0.15) is 36.2 Å². The minimum Gasteiger partial charge on any atom is -0.349 e. The summed E-state index contributed by atoms with van der Waals surface area (Å²) < 4.78 is 0.929. The molecule has 2 heterocycles. The molecular weight excluding hydrogens is 400 g/mol. The Hall–Kier alpha value is -2.48. The number of rotatable bonds is 4. The third kappa shape index (κ3) is 4.19. The normalized spacial score (nSPS) is 14.5. The minimum absolute atomic E-state index is 0.0839. The molecule has 0 fully saturated rings. The monoisotopic (exact) mass is 418 g/mol. The van der Waals surface area contributed by atoms with Crippen LogP contribution in [0.15, 0.2) is 39.9 Å². The molecule has 0 radical (unpaired) electrons. The van der Waals surface area contributed by atoms with E-state index in [2.05, 4.69) is 31.2 Å². The molecule has 0 saturated carbocycles. The van der Waals surface area contributed by atoms with Crippen LogP contribution in [0.4, 0.5) is 0 Å². The average molecular weight is 419 g/mol. The quantitative estimate of drug-likeness (QED) is 0.789. The summed E-state index contributed by atoms with van der Waals surface area (Å²) in [5.74, 6) is -0.276. The molecule has 1 aromatic carbocycles. The van der Waals surface area contributed by atoms with Crippen molar-refractivity contribution in [3.63, 3.8) is 0 Å². The Balaban J connectivity index is 1.75. The van der Waals surface area contributed by atoms with E-state index in [4.69, 9.17) is 0 Å². The van der Waals surface area contributed by atoms with Crippen LogP contribution in [0.5, 0.6) is 0 Å². The number of carbonyl (C=O) groups is 2. The van der Waals surface area contributed by atoms with Gasteiger partial charge in [-0.05, 0) is 24.1 Å². The van der Waals surface area contributed by atoms with Crippen molar-refractivity contribution >= 4 is 27.7 Å². The zero-order chi connectivity index (χ0) is 18.7. The number of halogens is 1. The highest BCUT2D eigenvalue weighted by molar-refractivity contribution is 9.10. The topological polar surface area (TPSA) is 95.2 Å². The van der Waals surface area contributed by atoms with Gasteiger partial charge in [-0.1, -0.05) is 28.1 Å². The van der Waals surface area contributed by atoms with E-state index < -0.39 is 6.04 Å². The van der Waals surface area contributed by atoms with Gasteiger partial charge in [0.25, 0.3) is 5.56 Å². The zero-order valence-corrected chi connectivity index (χ0v) is 15.9. The van der Waals surface area contributed by atoms with Gasteiger partial charge in [0.15, 0.2) is 0 Å². The van der Waals surface area contributed by atoms with E-state index in [9.17, 15) is 14.4 Å². The van der Waals surface area contributed by atoms with Crippen LogP contribution >= 0.6 is 15.9 Å². The summed E-state index contributed by atoms with van der Waals surface area (Å²) in [4.78, 5) is 44.6. The third-order valence-corrected chi connectivity index (χ3v) is 4.92. The van der Waals surface area contributed by atoms with E-state index in [1.807, 2.05) is 24.3 Å². The van der Waals surface area contributed by atoms with Crippen molar-refractivity contribution in [2.75, 3.05) is 6.54 Å². The summed E-state index contributed by atoms with van der Waals surface area (Å²) in [5, 5.41) is 2.84. The molecule has 1 aliphatic heterocycles. The Labute approximate surface area is 159 Å². The predicted molar refractivity (Wildman–Crippen MR) is 99.3 cm³/mol. The van der Waals surface area contributed by atoms with Gasteiger partial charge in [-0.2, -0.15) is 0 Å². The van der Waals surface area contributed by atoms with E-state index >= 15 is 0 Å². The number of nitrogens with zero attached hydrogens (tertiary/aromatic N) is 2. The van der Waals surface area contributed by atoms with Crippen molar-refractivity contribution in [3.05, 3.63) is 62.2 Å². The van der Waals surface area contributed by atoms with Gasteiger partial charge in [-0.3, -0.25) is 14.4 Å². The van der Waals surface area contributed by atoms with Gasteiger partial charge in [0.1, 0.15) is 0 Å². The minimum atomic E-state index is -0.401. The molecule has 0 spiro atoms. The second-order valence-electron chi connectivity index (χ2n) is 6.23. The van der Waals surface area contributed by atoms with Crippen LogP contribution in [-0.4, -0.2) is 33.2 Å². The van der Waals surface area contributed by atoms with Crippen LogP contribution in [0, 0.1) is 0 Å². The first kappa shape index (κ1) is 18.3. The number of aromatic amines is 1. The maximum absolute atomic E-state index is 12.8. The van der Waals surface area contributed by atoms with Crippen molar-refractivity contribution in [2.45, 2.75) is 32.4 Å². The molecule has 2 aromatic rings. The van der Waals surface area contributed by atoms with Crippen molar-refractivity contribution in [2.24, 2.45) is 0 Å². The molecule has 2 amide bonds. The van der Waals surface area contributed by atoms with Crippen LogP contribution < -0.4 is 10.9 Å². The number of hydrogen-bond acceptors (Lipinski definition) is 4. The van der Waals surface area contributed by atoms with Crippen LogP contribution in [0.2, 0.25) is 0 Å². The van der Waals surface area contributed by atoms with Gasteiger partial charge in [-0.25, -0.2) is 4.98 Å². The van der Waals surface area contributed by atoms with Crippen molar-refractivity contribution in [1.29, 1.82) is 0 Å². The van der Waals surface area contributed by atoms with Crippen molar-refractivity contribution in [1.82, 2.24) is 20.2 Å². The number of fused-ring (bicyclic) bond motifs is 1. The predicted octanol–water partition coefficient (Wildman–Crippen LogP) is 1.68. The molecule has 8 heteroatoms. The Morgan fingerprint density at radius 2 is 2.08 bits per heavy atom. The van der Waals surface area contributed by atoms with E-state index in [0.717, 1.165) is 10.0 Å². The van der Waals surface area contributed by atoms with Crippen LogP contribution in [0.3, 0.4) is 0 Å². The molecule has 136 valence electrons.